The zero-order valence-corrected chi connectivity index (χ0v) is 20.2. The summed E-state index contributed by atoms with van der Waals surface area (Å²) in [5.74, 6) is -1.69. The Hall–Kier alpha value is -4.18. The predicted octanol–water partition coefficient (Wildman–Crippen LogP) is 3.93. The first-order valence-electron chi connectivity index (χ1n) is 11.2. The van der Waals surface area contributed by atoms with Crippen molar-refractivity contribution in [2.24, 2.45) is 0 Å². The maximum atomic E-state index is 13.5. The lowest BCUT2D eigenvalue weighted by Crippen LogP contribution is -2.37. The van der Waals surface area contributed by atoms with Crippen LogP contribution < -0.4 is 10.2 Å². The van der Waals surface area contributed by atoms with E-state index in [1.165, 1.54) is 29.2 Å². The highest BCUT2D eigenvalue weighted by molar-refractivity contribution is 7.80. The number of hydrogen-bond donors (Lipinski definition) is 1. The number of carbonyl (C=O) groups excluding carboxylic acids is 3. The van der Waals surface area contributed by atoms with Crippen LogP contribution in [0.5, 0.6) is 0 Å². The number of amides is 2. The van der Waals surface area contributed by atoms with E-state index in [-0.39, 0.29) is 30.6 Å². The Labute approximate surface area is 212 Å². The van der Waals surface area contributed by atoms with Gasteiger partial charge in [0.1, 0.15) is 11.9 Å². The standard InChI is InChI=1S/C26H23FN4O4S/c1-2-35-25(34)17-6-12-21(13-7-17)31-24(33)22(15-23(32)29-19-10-8-18(27)9-11-19)30(26(31)36)16-20-5-3-4-14-28-20/h3-14,22H,2,15-16H2,1H3,(H,29,32)/t22-/m0/s1. The van der Waals surface area contributed by atoms with Crippen molar-refractivity contribution in [3.8, 4) is 0 Å². The molecule has 0 unspecified atom stereocenters. The SMILES string of the molecule is CCOC(=O)c1ccc(N2C(=O)[C@H](CC(=O)Nc3ccc(F)cc3)N(Cc3ccccn3)C2=S)cc1. The third-order valence-corrected chi connectivity index (χ3v) is 5.94. The van der Waals surface area contributed by atoms with Crippen LogP contribution in [0.1, 0.15) is 29.4 Å². The summed E-state index contributed by atoms with van der Waals surface area (Å²) in [4.78, 5) is 45.7. The van der Waals surface area contributed by atoms with E-state index in [4.69, 9.17) is 17.0 Å². The Morgan fingerprint density at radius 3 is 2.44 bits per heavy atom. The fourth-order valence-corrected chi connectivity index (χ4v) is 4.19. The molecule has 0 spiro atoms. The number of anilines is 2. The molecular formula is C26H23FN4O4S. The molecule has 1 saturated heterocycles. The van der Waals surface area contributed by atoms with Gasteiger partial charge < -0.3 is 15.0 Å². The molecule has 0 bridgehead atoms. The Bertz CT molecular complexity index is 1270. The van der Waals surface area contributed by atoms with Crippen LogP contribution in [0.4, 0.5) is 15.8 Å². The van der Waals surface area contributed by atoms with Crippen molar-refractivity contribution in [3.05, 3.63) is 90.0 Å². The van der Waals surface area contributed by atoms with Gasteiger partial charge in [-0.2, -0.15) is 0 Å². The van der Waals surface area contributed by atoms with Crippen molar-refractivity contribution in [1.29, 1.82) is 0 Å². The maximum Gasteiger partial charge on any atom is 0.338 e. The van der Waals surface area contributed by atoms with Gasteiger partial charge in [-0.3, -0.25) is 19.5 Å². The number of carbonyl (C=O) groups is 3. The summed E-state index contributed by atoms with van der Waals surface area (Å²) in [7, 11) is 0. The molecule has 1 aromatic heterocycles. The second kappa shape index (κ2) is 11.0. The van der Waals surface area contributed by atoms with E-state index in [0.717, 1.165) is 0 Å². The molecule has 1 N–H and O–H groups in total. The molecule has 0 radical (unpaired) electrons. The first-order chi connectivity index (χ1) is 17.4. The van der Waals surface area contributed by atoms with Gasteiger partial charge in [-0.05, 0) is 79.8 Å². The van der Waals surface area contributed by atoms with Gasteiger partial charge >= 0.3 is 5.97 Å². The van der Waals surface area contributed by atoms with Crippen LogP contribution in [-0.2, 0) is 20.9 Å². The van der Waals surface area contributed by atoms with Crippen molar-refractivity contribution >= 4 is 46.5 Å². The molecule has 2 heterocycles. The largest absolute Gasteiger partial charge is 0.462 e. The number of benzene rings is 2. The van der Waals surface area contributed by atoms with Crippen molar-refractivity contribution < 1.29 is 23.5 Å². The Balaban J connectivity index is 1.58. The van der Waals surface area contributed by atoms with Crippen molar-refractivity contribution in [2.45, 2.75) is 25.9 Å². The minimum Gasteiger partial charge on any atom is -0.462 e. The first kappa shape index (κ1) is 24.9. The lowest BCUT2D eigenvalue weighted by atomic mass is 10.1. The van der Waals surface area contributed by atoms with Crippen LogP contribution in [0.3, 0.4) is 0 Å². The average Bonchev–Trinajstić information content (AvgIpc) is 3.10. The van der Waals surface area contributed by atoms with Gasteiger partial charge in [0.15, 0.2) is 5.11 Å². The highest BCUT2D eigenvalue weighted by atomic mass is 32.1. The van der Waals surface area contributed by atoms with Gasteiger partial charge in [-0.15, -0.1) is 0 Å². The third kappa shape index (κ3) is 5.55. The van der Waals surface area contributed by atoms with Crippen molar-refractivity contribution in [1.82, 2.24) is 9.88 Å². The average molecular weight is 507 g/mol. The van der Waals surface area contributed by atoms with Gasteiger partial charge in [0.05, 0.1) is 36.5 Å². The van der Waals surface area contributed by atoms with Crippen molar-refractivity contribution in [2.75, 3.05) is 16.8 Å². The molecule has 4 rings (SSSR count). The number of halogens is 1. The van der Waals surface area contributed by atoms with Crippen LogP contribution in [0.25, 0.3) is 0 Å². The predicted molar refractivity (Wildman–Crippen MR) is 136 cm³/mol. The normalized spacial score (nSPS) is 15.2. The van der Waals surface area contributed by atoms with E-state index in [9.17, 15) is 18.8 Å². The molecule has 1 fully saturated rings. The number of thiocarbonyl (C=S) groups is 1. The molecule has 3 aromatic rings. The molecular weight excluding hydrogens is 483 g/mol. The summed E-state index contributed by atoms with van der Waals surface area (Å²) in [6.07, 6.45) is 1.46. The number of aromatic nitrogens is 1. The van der Waals surface area contributed by atoms with Gasteiger partial charge in [0.2, 0.25) is 5.91 Å². The molecule has 0 aliphatic carbocycles. The van der Waals surface area contributed by atoms with E-state index >= 15 is 0 Å². The first-order valence-corrected chi connectivity index (χ1v) is 11.6. The minimum absolute atomic E-state index is 0.180. The minimum atomic E-state index is -0.885. The van der Waals surface area contributed by atoms with Gasteiger partial charge in [-0.25, -0.2) is 9.18 Å². The Morgan fingerprint density at radius 1 is 1.08 bits per heavy atom. The molecule has 10 heteroatoms. The topological polar surface area (TPSA) is 91.8 Å². The molecule has 0 saturated carbocycles. The number of ether oxygens (including phenoxy) is 1. The summed E-state index contributed by atoms with van der Waals surface area (Å²) in [5, 5.41) is 2.91. The van der Waals surface area contributed by atoms with Gasteiger partial charge in [-0.1, -0.05) is 6.07 Å². The van der Waals surface area contributed by atoms with Crippen LogP contribution >= 0.6 is 12.2 Å². The molecule has 2 aromatic carbocycles. The smallest absolute Gasteiger partial charge is 0.338 e. The zero-order valence-electron chi connectivity index (χ0n) is 19.4. The quantitative estimate of drug-likeness (QED) is 0.366. The molecule has 8 nitrogen and oxygen atoms in total. The number of pyridine rings is 1. The highest BCUT2D eigenvalue weighted by Crippen LogP contribution is 2.29. The lowest BCUT2D eigenvalue weighted by Gasteiger charge is -2.23. The van der Waals surface area contributed by atoms with Crippen molar-refractivity contribution in [3.63, 3.8) is 0 Å². The molecule has 184 valence electrons. The summed E-state index contributed by atoms with van der Waals surface area (Å²) in [6, 6.07) is 16.2. The molecule has 1 atom stereocenters. The second-order valence-corrected chi connectivity index (χ2v) is 8.31. The Morgan fingerprint density at radius 2 is 1.81 bits per heavy atom. The van der Waals surface area contributed by atoms with E-state index in [1.807, 2.05) is 6.07 Å². The third-order valence-electron chi connectivity index (χ3n) is 5.52. The summed E-state index contributed by atoms with van der Waals surface area (Å²) in [6.45, 7) is 2.19. The van der Waals surface area contributed by atoms with Crippen LogP contribution in [0, 0.1) is 5.82 Å². The number of nitrogens with zero attached hydrogens (tertiary/aromatic N) is 3. The van der Waals surface area contributed by atoms with E-state index < -0.39 is 23.7 Å². The number of hydrogen-bond acceptors (Lipinski definition) is 6. The molecule has 2 amide bonds. The molecule has 36 heavy (non-hydrogen) atoms. The maximum absolute atomic E-state index is 13.5. The van der Waals surface area contributed by atoms with Crippen LogP contribution in [-0.4, -0.2) is 45.4 Å². The fourth-order valence-electron chi connectivity index (χ4n) is 3.80. The second-order valence-electron chi connectivity index (χ2n) is 7.95. The van der Waals surface area contributed by atoms with Crippen LogP contribution in [0.2, 0.25) is 0 Å². The molecule has 1 aliphatic heterocycles. The number of esters is 1. The van der Waals surface area contributed by atoms with E-state index in [0.29, 0.717) is 22.6 Å². The summed E-state index contributed by atoms with van der Waals surface area (Å²) < 4.78 is 18.2. The number of nitrogens with one attached hydrogen (secondary N) is 1. The zero-order chi connectivity index (χ0) is 25.7. The molecule has 1 aliphatic rings. The monoisotopic (exact) mass is 506 g/mol. The summed E-state index contributed by atoms with van der Waals surface area (Å²) >= 11 is 5.66. The number of rotatable bonds is 8. The highest BCUT2D eigenvalue weighted by Gasteiger charge is 2.44. The van der Waals surface area contributed by atoms with E-state index in [1.54, 1.807) is 54.4 Å². The summed E-state index contributed by atoms with van der Waals surface area (Å²) in [5.41, 5.74) is 1.90. The van der Waals surface area contributed by atoms with Crippen LogP contribution in [0.15, 0.2) is 72.9 Å². The van der Waals surface area contributed by atoms with Gasteiger partial charge in [0.25, 0.3) is 5.91 Å². The fraction of sp³-hybridized carbons (Fsp3) is 0.192. The van der Waals surface area contributed by atoms with E-state index in [2.05, 4.69) is 10.3 Å². The lowest BCUT2D eigenvalue weighted by molar-refractivity contribution is -0.124. The Kier molecular flexibility index (Phi) is 7.65. The van der Waals surface area contributed by atoms with Gasteiger partial charge in [0, 0.05) is 11.9 Å².